The molecule has 17 heavy (non-hydrogen) atoms. The van der Waals surface area contributed by atoms with Gasteiger partial charge in [-0.05, 0) is 19.1 Å². The zero-order valence-corrected chi connectivity index (χ0v) is 10.1. The molecule has 0 unspecified atom stereocenters. The number of rotatable bonds is 2. The number of nitrogen functional groups attached to an aromatic ring is 1. The maximum absolute atomic E-state index is 5.91. The molecule has 3 aromatic rings. The lowest BCUT2D eigenvalue weighted by Crippen LogP contribution is -2.05. The number of pyridine rings is 1. The highest BCUT2D eigenvalue weighted by Crippen LogP contribution is 2.18. The topological polar surface area (TPSA) is 69.6 Å². The summed E-state index contributed by atoms with van der Waals surface area (Å²) in [5, 5.41) is 2.95. The Kier molecular flexibility index (Phi) is 2.29. The first-order valence-electron chi connectivity index (χ1n) is 5.22. The van der Waals surface area contributed by atoms with E-state index >= 15 is 0 Å². The molecule has 0 atom stereocenters. The van der Waals surface area contributed by atoms with Crippen LogP contribution in [0.1, 0.15) is 10.7 Å². The number of anilines is 1. The Morgan fingerprint density at radius 2 is 2.24 bits per heavy atom. The molecule has 0 bridgehead atoms. The van der Waals surface area contributed by atoms with Crippen molar-refractivity contribution in [2.45, 2.75) is 13.5 Å². The number of hydrogen-bond acceptors (Lipinski definition) is 5. The average molecular weight is 245 g/mol. The summed E-state index contributed by atoms with van der Waals surface area (Å²) >= 11 is 1.60. The predicted molar refractivity (Wildman–Crippen MR) is 67.9 cm³/mol. The third kappa shape index (κ3) is 1.76. The number of hydrogen-bond donors (Lipinski definition) is 1. The van der Waals surface area contributed by atoms with Gasteiger partial charge in [-0.3, -0.25) is 4.57 Å². The van der Waals surface area contributed by atoms with Crippen LogP contribution in [0.25, 0.3) is 11.2 Å². The van der Waals surface area contributed by atoms with Crippen molar-refractivity contribution in [3.05, 3.63) is 34.4 Å². The number of thiazole rings is 1. The quantitative estimate of drug-likeness (QED) is 0.747. The monoisotopic (exact) mass is 245 g/mol. The summed E-state index contributed by atoms with van der Waals surface area (Å²) in [6.07, 6.45) is 1.79. The SMILES string of the molecule is Cc1ccc2nc(N)n(Cc3nccs3)c2n1. The van der Waals surface area contributed by atoms with Crippen LogP contribution in [0.4, 0.5) is 5.95 Å². The van der Waals surface area contributed by atoms with E-state index in [1.807, 2.05) is 29.0 Å². The third-order valence-corrected chi connectivity index (χ3v) is 3.30. The molecule has 0 radical (unpaired) electrons. The van der Waals surface area contributed by atoms with E-state index in [1.54, 1.807) is 17.5 Å². The molecule has 0 saturated carbocycles. The van der Waals surface area contributed by atoms with Crippen molar-refractivity contribution < 1.29 is 0 Å². The molecule has 6 heteroatoms. The van der Waals surface area contributed by atoms with Crippen LogP contribution in [0.15, 0.2) is 23.7 Å². The van der Waals surface area contributed by atoms with Gasteiger partial charge < -0.3 is 5.73 Å². The number of nitrogens with zero attached hydrogens (tertiary/aromatic N) is 4. The fraction of sp³-hybridized carbons (Fsp3) is 0.182. The molecule has 0 aliphatic heterocycles. The minimum atomic E-state index is 0.480. The number of aromatic nitrogens is 4. The van der Waals surface area contributed by atoms with Gasteiger partial charge in [0.25, 0.3) is 0 Å². The van der Waals surface area contributed by atoms with E-state index in [-0.39, 0.29) is 0 Å². The summed E-state index contributed by atoms with van der Waals surface area (Å²) in [7, 11) is 0. The lowest BCUT2D eigenvalue weighted by molar-refractivity contribution is 0.818. The van der Waals surface area contributed by atoms with Crippen LogP contribution in [0.5, 0.6) is 0 Å². The van der Waals surface area contributed by atoms with Gasteiger partial charge in [-0.25, -0.2) is 15.0 Å². The van der Waals surface area contributed by atoms with Crippen molar-refractivity contribution >= 4 is 28.4 Å². The van der Waals surface area contributed by atoms with E-state index in [0.29, 0.717) is 12.5 Å². The molecule has 0 aliphatic rings. The smallest absolute Gasteiger partial charge is 0.202 e. The van der Waals surface area contributed by atoms with Crippen molar-refractivity contribution in [3.8, 4) is 0 Å². The summed E-state index contributed by atoms with van der Waals surface area (Å²) in [4.78, 5) is 13.0. The Morgan fingerprint density at radius 1 is 1.35 bits per heavy atom. The summed E-state index contributed by atoms with van der Waals surface area (Å²) < 4.78 is 1.89. The summed E-state index contributed by atoms with van der Waals surface area (Å²) in [6.45, 7) is 2.58. The number of aryl methyl sites for hydroxylation is 1. The Bertz CT molecular complexity index is 656. The minimum absolute atomic E-state index is 0.480. The molecule has 0 aromatic carbocycles. The number of fused-ring (bicyclic) bond motifs is 1. The van der Waals surface area contributed by atoms with Crippen LogP contribution in [-0.2, 0) is 6.54 Å². The van der Waals surface area contributed by atoms with Crippen molar-refractivity contribution in [2.24, 2.45) is 0 Å². The first kappa shape index (κ1) is 10.2. The molecule has 5 nitrogen and oxygen atoms in total. The predicted octanol–water partition coefficient (Wildman–Crippen LogP) is 1.83. The standard InChI is InChI=1S/C11H11N5S/c1-7-2-3-8-10(14-7)16(11(12)15-8)6-9-13-4-5-17-9/h2-5H,6H2,1H3,(H2,12,15). The average Bonchev–Trinajstić information content (AvgIpc) is 2.90. The molecule has 3 aromatic heterocycles. The van der Waals surface area contributed by atoms with E-state index in [1.165, 1.54) is 0 Å². The largest absolute Gasteiger partial charge is 0.369 e. The summed E-state index contributed by atoms with van der Waals surface area (Å²) in [6, 6.07) is 3.87. The molecule has 0 spiro atoms. The zero-order chi connectivity index (χ0) is 11.8. The Hall–Kier alpha value is -1.95. The van der Waals surface area contributed by atoms with Gasteiger partial charge in [0.2, 0.25) is 5.95 Å². The lowest BCUT2D eigenvalue weighted by Gasteiger charge is -2.03. The molecule has 0 saturated heterocycles. The van der Waals surface area contributed by atoms with Gasteiger partial charge in [-0.15, -0.1) is 11.3 Å². The van der Waals surface area contributed by atoms with Crippen LogP contribution in [0, 0.1) is 6.92 Å². The van der Waals surface area contributed by atoms with E-state index in [9.17, 15) is 0 Å². The molecule has 2 N–H and O–H groups in total. The zero-order valence-electron chi connectivity index (χ0n) is 9.29. The molecule has 0 aliphatic carbocycles. The van der Waals surface area contributed by atoms with Gasteiger partial charge in [-0.2, -0.15) is 0 Å². The van der Waals surface area contributed by atoms with E-state index in [4.69, 9.17) is 5.73 Å². The van der Waals surface area contributed by atoms with Crippen LogP contribution in [-0.4, -0.2) is 19.5 Å². The molecular formula is C11H11N5S. The second-order valence-corrected chi connectivity index (χ2v) is 4.76. The molecule has 86 valence electrons. The van der Waals surface area contributed by atoms with Crippen molar-refractivity contribution in [1.29, 1.82) is 0 Å². The normalized spacial score (nSPS) is 11.1. The Morgan fingerprint density at radius 3 is 3.00 bits per heavy atom. The first-order chi connectivity index (χ1) is 8.24. The van der Waals surface area contributed by atoms with Crippen LogP contribution in [0.2, 0.25) is 0 Å². The highest BCUT2D eigenvalue weighted by atomic mass is 32.1. The van der Waals surface area contributed by atoms with Gasteiger partial charge in [0.15, 0.2) is 5.65 Å². The van der Waals surface area contributed by atoms with Gasteiger partial charge in [0, 0.05) is 17.3 Å². The lowest BCUT2D eigenvalue weighted by atomic mass is 10.3. The molecule has 0 fully saturated rings. The van der Waals surface area contributed by atoms with Gasteiger partial charge >= 0.3 is 0 Å². The highest BCUT2D eigenvalue weighted by Gasteiger charge is 2.10. The molecule has 3 heterocycles. The Labute approximate surface area is 102 Å². The van der Waals surface area contributed by atoms with Crippen LogP contribution < -0.4 is 5.73 Å². The summed E-state index contributed by atoms with van der Waals surface area (Å²) in [5.41, 5.74) is 8.51. The van der Waals surface area contributed by atoms with Gasteiger partial charge in [0.1, 0.15) is 10.5 Å². The first-order valence-corrected chi connectivity index (χ1v) is 6.10. The third-order valence-electron chi connectivity index (χ3n) is 2.54. The van der Waals surface area contributed by atoms with E-state index in [0.717, 1.165) is 21.9 Å². The Balaban J connectivity index is 2.14. The van der Waals surface area contributed by atoms with Crippen molar-refractivity contribution in [1.82, 2.24) is 19.5 Å². The van der Waals surface area contributed by atoms with E-state index in [2.05, 4.69) is 15.0 Å². The fourth-order valence-corrected chi connectivity index (χ4v) is 2.34. The van der Waals surface area contributed by atoms with Crippen molar-refractivity contribution in [3.63, 3.8) is 0 Å². The van der Waals surface area contributed by atoms with Crippen LogP contribution >= 0.6 is 11.3 Å². The maximum Gasteiger partial charge on any atom is 0.202 e. The fourth-order valence-electron chi connectivity index (χ4n) is 1.74. The minimum Gasteiger partial charge on any atom is -0.369 e. The second kappa shape index (κ2) is 3.81. The van der Waals surface area contributed by atoms with E-state index < -0.39 is 0 Å². The molecule has 3 rings (SSSR count). The second-order valence-electron chi connectivity index (χ2n) is 3.78. The summed E-state index contributed by atoms with van der Waals surface area (Å²) in [5.74, 6) is 0.480. The van der Waals surface area contributed by atoms with Crippen LogP contribution in [0.3, 0.4) is 0 Å². The number of nitrogens with two attached hydrogens (primary N) is 1. The van der Waals surface area contributed by atoms with Gasteiger partial charge in [0.05, 0.1) is 6.54 Å². The molecular weight excluding hydrogens is 234 g/mol. The highest BCUT2D eigenvalue weighted by molar-refractivity contribution is 7.09. The molecule has 0 amide bonds. The maximum atomic E-state index is 5.91. The van der Waals surface area contributed by atoms with Gasteiger partial charge in [-0.1, -0.05) is 0 Å². The number of imidazole rings is 1. The van der Waals surface area contributed by atoms with Crippen molar-refractivity contribution in [2.75, 3.05) is 5.73 Å².